The normalized spacial score (nSPS) is 12.0. The van der Waals surface area contributed by atoms with E-state index in [1.165, 1.54) is 0 Å². The second-order valence-corrected chi connectivity index (χ2v) is 4.90. The van der Waals surface area contributed by atoms with Crippen molar-refractivity contribution >= 4 is 0 Å². The van der Waals surface area contributed by atoms with E-state index in [0.717, 1.165) is 17.8 Å². The van der Waals surface area contributed by atoms with Gasteiger partial charge >= 0.3 is 0 Å². The van der Waals surface area contributed by atoms with Crippen molar-refractivity contribution in [1.29, 1.82) is 0 Å². The van der Waals surface area contributed by atoms with Gasteiger partial charge in [-0.2, -0.15) is 0 Å². The Morgan fingerprint density at radius 2 is 1.86 bits per heavy atom. The molecule has 0 aliphatic carbocycles. The lowest BCUT2D eigenvalue weighted by atomic mass is 10.1. The van der Waals surface area contributed by atoms with Gasteiger partial charge in [0.1, 0.15) is 17.2 Å². The number of aromatic nitrogens is 1. The van der Waals surface area contributed by atoms with Gasteiger partial charge < -0.3 is 14.6 Å². The van der Waals surface area contributed by atoms with E-state index in [-0.39, 0.29) is 0 Å². The van der Waals surface area contributed by atoms with Gasteiger partial charge in [-0.1, -0.05) is 13.0 Å². The highest BCUT2D eigenvalue weighted by Crippen LogP contribution is 2.37. The molecule has 0 bridgehead atoms. The number of aliphatic hydroxyl groups is 1. The molecule has 21 heavy (non-hydrogen) atoms. The highest BCUT2D eigenvalue weighted by Gasteiger charge is 2.17. The second kappa shape index (κ2) is 6.59. The van der Waals surface area contributed by atoms with Crippen molar-refractivity contribution in [3.05, 3.63) is 47.3 Å². The van der Waals surface area contributed by atoms with E-state index in [1.807, 2.05) is 44.2 Å². The minimum absolute atomic E-state index is 0.588. The van der Waals surface area contributed by atoms with Crippen LogP contribution in [0.2, 0.25) is 0 Å². The van der Waals surface area contributed by atoms with Gasteiger partial charge in [-0.15, -0.1) is 0 Å². The predicted octanol–water partition coefficient (Wildman–Crippen LogP) is 3.81. The number of hydrogen-bond acceptors (Lipinski definition) is 4. The molecular formula is C17H21NO3. The van der Waals surface area contributed by atoms with E-state index in [9.17, 15) is 5.11 Å². The van der Waals surface area contributed by atoms with Crippen LogP contribution < -0.4 is 9.47 Å². The lowest BCUT2D eigenvalue weighted by Crippen LogP contribution is -2.02. The molecule has 0 aliphatic rings. The van der Waals surface area contributed by atoms with E-state index in [4.69, 9.17) is 9.47 Å². The zero-order chi connectivity index (χ0) is 15.4. The van der Waals surface area contributed by atoms with E-state index < -0.39 is 6.10 Å². The summed E-state index contributed by atoms with van der Waals surface area (Å²) in [4.78, 5) is 4.49. The maximum atomic E-state index is 9.99. The van der Waals surface area contributed by atoms with Gasteiger partial charge in [0.05, 0.1) is 24.5 Å². The Morgan fingerprint density at radius 3 is 2.48 bits per heavy atom. The number of methoxy groups -OCH3 is 1. The maximum Gasteiger partial charge on any atom is 0.148 e. The molecule has 2 rings (SSSR count). The fourth-order valence-electron chi connectivity index (χ4n) is 2.27. The minimum atomic E-state index is -0.681. The van der Waals surface area contributed by atoms with Gasteiger partial charge in [0.25, 0.3) is 0 Å². The topological polar surface area (TPSA) is 51.6 Å². The standard InChI is InChI=1S/C17H21NO3/c1-5-13-14(10-9-11(2)18-13)21-16-8-6-7-15(20-4)17(16)12(3)19/h6-10,12,19H,5H2,1-4H3/t12-/m0/s1. The lowest BCUT2D eigenvalue weighted by molar-refractivity contribution is 0.190. The van der Waals surface area contributed by atoms with Crippen LogP contribution in [0.1, 0.15) is 36.9 Å². The Balaban J connectivity index is 2.44. The molecule has 0 amide bonds. The summed E-state index contributed by atoms with van der Waals surface area (Å²) in [5, 5.41) is 9.99. The molecule has 0 saturated heterocycles. The number of nitrogens with zero attached hydrogens (tertiary/aromatic N) is 1. The first kappa shape index (κ1) is 15.3. The molecule has 2 aromatic rings. The third-order valence-corrected chi connectivity index (χ3v) is 3.29. The average Bonchev–Trinajstić information content (AvgIpc) is 2.48. The third-order valence-electron chi connectivity index (χ3n) is 3.29. The highest BCUT2D eigenvalue weighted by atomic mass is 16.5. The number of aryl methyl sites for hydroxylation is 2. The van der Waals surface area contributed by atoms with Crippen LogP contribution in [-0.4, -0.2) is 17.2 Å². The van der Waals surface area contributed by atoms with Crippen LogP contribution >= 0.6 is 0 Å². The predicted molar refractivity (Wildman–Crippen MR) is 82.1 cm³/mol. The van der Waals surface area contributed by atoms with Crippen molar-refractivity contribution in [2.75, 3.05) is 7.11 Å². The summed E-state index contributed by atoms with van der Waals surface area (Å²) in [6, 6.07) is 9.30. The summed E-state index contributed by atoms with van der Waals surface area (Å²) in [5.74, 6) is 1.91. The third kappa shape index (κ3) is 3.34. The lowest BCUT2D eigenvalue weighted by Gasteiger charge is -2.17. The van der Waals surface area contributed by atoms with Crippen LogP contribution in [0.5, 0.6) is 17.2 Å². The molecular weight excluding hydrogens is 266 g/mol. The molecule has 0 saturated carbocycles. The molecule has 1 aromatic carbocycles. The Bertz CT molecular complexity index is 623. The van der Waals surface area contributed by atoms with Crippen LogP contribution in [0.4, 0.5) is 0 Å². The molecule has 0 radical (unpaired) electrons. The monoisotopic (exact) mass is 287 g/mol. The van der Waals surface area contributed by atoms with Gasteiger partial charge in [-0.3, -0.25) is 4.98 Å². The Labute approximate surface area is 125 Å². The van der Waals surface area contributed by atoms with Crippen LogP contribution in [0.3, 0.4) is 0 Å². The average molecular weight is 287 g/mol. The molecule has 1 N–H and O–H groups in total. The Kier molecular flexibility index (Phi) is 4.81. The van der Waals surface area contributed by atoms with Crippen LogP contribution in [0, 0.1) is 6.92 Å². The summed E-state index contributed by atoms with van der Waals surface area (Å²) in [6.07, 6.45) is 0.102. The largest absolute Gasteiger partial charge is 0.496 e. The molecule has 0 unspecified atom stereocenters. The molecule has 112 valence electrons. The number of hydrogen-bond donors (Lipinski definition) is 1. The first-order valence-electron chi connectivity index (χ1n) is 7.06. The van der Waals surface area contributed by atoms with Gasteiger partial charge in [0, 0.05) is 5.69 Å². The Morgan fingerprint density at radius 1 is 1.14 bits per heavy atom. The van der Waals surface area contributed by atoms with Crippen LogP contribution in [0.25, 0.3) is 0 Å². The van der Waals surface area contributed by atoms with Gasteiger partial charge in [-0.25, -0.2) is 0 Å². The molecule has 1 heterocycles. The number of benzene rings is 1. The second-order valence-electron chi connectivity index (χ2n) is 4.90. The van der Waals surface area contributed by atoms with Crippen molar-refractivity contribution in [2.45, 2.75) is 33.3 Å². The molecule has 1 aromatic heterocycles. The fraction of sp³-hybridized carbons (Fsp3) is 0.353. The van der Waals surface area contributed by atoms with E-state index in [1.54, 1.807) is 14.0 Å². The Hall–Kier alpha value is -2.07. The van der Waals surface area contributed by atoms with Crippen molar-refractivity contribution in [1.82, 2.24) is 4.98 Å². The van der Waals surface area contributed by atoms with Crippen LogP contribution in [-0.2, 0) is 6.42 Å². The molecule has 0 fully saturated rings. The van der Waals surface area contributed by atoms with Crippen molar-refractivity contribution in [2.24, 2.45) is 0 Å². The number of rotatable bonds is 5. The quantitative estimate of drug-likeness (QED) is 0.908. The molecule has 4 nitrogen and oxygen atoms in total. The molecule has 0 spiro atoms. The SMILES string of the molecule is CCc1nc(C)ccc1Oc1cccc(OC)c1[C@H](C)O. The highest BCUT2D eigenvalue weighted by molar-refractivity contribution is 5.48. The fourth-order valence-corrected chi connectivity index (χ4v) is 2.27. The van der Waals surface area contributed by atoms with Gasteiger partial charge in [0.15, 0.2) is 0 Å². The molecule has 0 aliphatic heterocycles. The van der Waals surface area contributed by atoms with E-state index in [2.05, 4.69) is 4.98 Å². The molecule has 4 heteroatoms. The smallest absolute Gasteiger partial charge is 0.148 e. The molecule has 1 atom stereocenters. The summed E-state index contributed by atoms with van der Waals surface area (Å²) in [7, 11) is 1.58. The summed E-state index contributed by atoms with van der Waals surface area (Å²) >= 11 is 0. The number of aliphatic hydroxyl groups excluding tert-OH is 1. The summed E-state index contributed by atoms with van der Waals surface area (Å²) in [5.41, 5.74) is 2.50. The van der Waals surface area contributed by atoms with E-state index >= 15 is 0 Å². The minimum Gasteiger partial charge on any atom is -0.496 e. The van der Waals surface area contributed by atoms with Crippen LogP contribution in [0.15, 0.2) is 30.3 Å². The van der Waals surface area contributed by atoms with E-state index in [0.29, 0.717) is 22.8 Å². The zero-order valence-corrected chi connectivity index (χ0v) is 12.9. The number of pyridine rings is 1. The summed E-state index contributed by atoms with van der Waals surface area (Å²) < 4.78 is 11.3. The van der Waals surface area contributed by atoms with Gasteiger partial charge in [0.2, 0.25) is 0 Å². The maximum absolute atomic E-state index is 9.99. The van der Waals surface area contributed by atoms with Crippen molar-refractivity contribution in [3.8, 4) is 17.2 Å². The summed E-state index contributed by atoms with van der Waals surface area (Å²) in [6.45, 7) is 5.68. The number of ether oxygens (including phenoxy) is 2. The van der Waals surface area contributed by atoms with Gasteiger partial charge in [-0.05, 0) is 44.5 Å². The zero-order valence-electron chi connectivity index (χ0n) is 12.9. The van der Waals surface area contributed by atoms with Crippen molar-refractivity contribution < 1.29 is 14.6 Å². The van der Waals surface area contributed by atoms with Crippen molar-refractivity contribution in [3.63, 3.8) is 0 Å². The first-order chi connectivity index (χ1) is 10.1. The first-order valence-corrected chi connectivity index (χ1v) is 7.06.